The third kappa shape index (κ3) is 2.98. The van der Waals surface area contributed by atoms with Crippen LogP contribution in [-0.2, 0) is 6.61 Å². The molecule has 0 aliphatic carbocycles. The topological polar surface area (TPSA) is 72.6 Å². The van der Waals surface area contributed by atoms with E-state index < -0.39 is 5.97 Å². The molecule has 0 unspecified atom stereocenters. The Morgan fingerprint density at radius 2 is 2.38 bits per heavy atom. The molecule has 0 fully saturated rings. The fourth-order valence-electron chi connectivity index (χ4n) is 1.79. The molecule has 0 aromatic carbocycles. The molecule has 0 aliphatic heterocycles. The summed E-state index contributed by atoms with van der Waals surface area (Å²) in [6.07, 6.45) is 1.60. The Kier molecular flexibility index (Phi) is 3.76. The van der Waals surface area contributed by atoms with Gasteiger partial charge in [-0.1, -0.05) is 0 Å². The average Bonchev–Trinajstić information content (AvgIpc) is 3.16. The number of thiophene rings is 1. The molecular weight excluding hydrogens is 310 g/mol. The van der Waals surface area contributed by atoms with Gasteiger partial charge in [0.05, 0.1) is 12.0 Å². The van der Waals surface area contributed by atoms with Crippen LogP contribution in [0.3, 0.4) is 0 Å². The summed E-state index contributed by atoms with van der Waals surface area (Å²) >= 11 is 2.66. The molecule has 7 heteroatoms. The van der Waals surface area contributed by atoms with Crippen LogP contribution in [0.5, 0.6) is 5.75 Å². The normalized spacial score (nSPS) is 10.7. The van der Waals surface area contributed by atoms with Gasteiger partial charge in [0, 0.05) is 10.3 Å². The molecule has 3 heterocycles. The van der Waals surface area contributed by atoms with Crippen LogP contribution in [0.25, 0.3) is 10.8 Å². The third-order valence-corrected chi connectivity index (χ3v) is 4.60. The second kappa shape index (κ2) is 5.71. The molecular formula is C14H11NO4S2. The minimum atomic E-state index is -0.974. The third-order valence-electron chi connectivity index (χ3n) is 2.67. The largest absolute Gasteiger partial charge is 0.485 e. The molecule has 0 saturated heterocycles. The second-order valence-electron chi connectivity index (χ2n) is 4.27. The maximum atomic E-state index is 11.1. The van der Waals surface area contributed by atoms with E-state index in [4.69, 9.17) is 14.3 Å². The van der Waals surface area contributed by atoms with E-state index in [-0.39, 0.29) is 11.5 Å². The van der Waals surface area contributed by atoms with E-state index >= 15 is 0 Å². The summed E-state index contributed by atoms with van der Waals surface area (Å²) in [4.78, 5) is 16.6. The Morgan fingerprint density at radius 3 is 3.10 bits per heavy atom. The predicted octanol–water partition coefficient (Wildman–Crippen LogP) is 4.05. The Labute approximate surface area is 128 Å². The number of aromatic carboxylic acids is 1. The first-order valence-corrected chi connectivity index (χ1v) is 7.78. The highest BCUT2D eigenvalue weighted by atomic mass is 32.1. The van der Waals surface area contributed by atoms with Crippen LogP contribution in [-0.4, -0.2) is 16.1 Å². The van der Waals surface area contributed by atoms with Crippen molar-refractivity contribution in [2.45, 2.75) is 13.5 Å². The zero-order valence-corrected chi connectivity index (χ0v) is 12.7. The van der Waals surface area contributed by atoms with E-state index in [0.717, 1.165) is 15.6 Å². The van der Waals surface area contributed by atoms with E-state index in [9.17, 15) is 4.79 Å². The van der Waals surface area contributed by atoms with Crippen molar-refractivity contribution < 1.29 is 19.1 Å². The fraction of sp³-hybridized carbons (Fsp3) is 0.143. The molecule has 5 nitrogen and oxygen atoms in total. The number of rotatable bonds is 5. The molecule has 0 bridgehead atoms. The molecule has 3 aromatic heterocycles. The highest BCUT2D eigenvalue weighted by Gasteiger charge is 2.16. The Hall–Kier alpha value is -2.12. The minimum absolute atomic E-state index is 0.217. The second-order valence-corrected chi connectivity index (χ2v) is 6.38. The number of furan rings is 1. The molecule has 3 rings (SSSR count). The first-order chi connectivity index (χ1) is 10.1. The SMILES string of the molecule is Cc1cc(OCc2csc(-c3ccco3)n2)c(C(=O)O)s1. The van der Waals surface area contributed by atoms with Crippen LogP contribution in [0.1, 0.15) is 20.2 Å². The van der Waals surface area contributed by atoms with Crippen molar-refractivity contribution in [2.75, 3.05) is 0 Å². The highest BCUT2D eigenvalue weighted by molar-refractivity contribution is 7.14. The molecule has 0 radical (unpaired) electrons. The van der Waals surface area contributed by atoms with Crippen LogP contribution in [0.15, 0.2) is 34.3 Å². The van der Waals surface area contributed by atoms with Gasteiger partial charge in [0.25, 0.3) is 0 Å². The van der Waals surface area contributed by atoms with Gasteiger partial charge in [-0.15, -0.1) is 22.7 Å². The highest BCUT2D eigenvalue weighted by Crippen LogP contribution is 2.30. The van der Waals surface area contributed by atoms with Crippen molar-refractivity contribution in [3.63, 3.8) is 0 Å². The van der Waals surface area contributed by atoms with Crippen molar-refractivity contribution in [1.82, 2.24) is 4.98 Å². The van der Waals surface area contributed by atoms with E-state index in [1.165, 1.54) is 22.7 Å². The van der Waals surface area contributed by atoms with Crippen LogP contribution in [0.4, 0.5) is 0 Å². The van der Waals surface area contributed by atoms with Crippen LogP contribution in [0.2, 0.25) is 0 Å². The maximum Gasteiger partial charge on any atom is 0.349 e. The Balaban J connectivity index is 1.72. The molecule has 3 aromatic rings. The van der Waals surface area contributed by atoms with Crippen LogP contribution in [0, 0.1) is 6.92 Å². The van der Waals surface area contributed by atoms with Gasteiger partial charge >= 0.3 is 5.97 Å². The number of thiazole rings is 1. The lowest BCUT2D eigenvalue weighted by Crippen LogP contribution is -2.00. The number of hydrogen-bond donors (Lipinski definition) is 1. The summed E-state index contributed by atoms with van der Waals surface area (Å²) < 4.78 is 10.9. The number of ether oxygens (including phenoxy) is 1. The maximum absolute atomic E-state index is 11.1. The van der Waals surface area contributed by atoms with E-state index in [1.807, 2.05) is 18.4 Å². The zero-order chi connectivity index (χ0) is 14.8. The molecule has 1 N–H and O–H groups in total. The molecule has 0 spiro atoms. The van der Waals surface area contributed by atoms with Crippen molar-refractivity contribution in [3.05, 3.63) is 45.3 Å². The van der Waals surface area contributed by atoms with Gasteiger partial charge in [0.2, 0.25) is 0 Å². The molecule has 21 heavy (non-hydrogen) atoms. The fourth-order valence-corrected chi connectivity index (χ4v) is 3.35. The number of aryl methyl sites for hydroxylation is 1. The number of carbonyl (C=O) groups is 1. The van der Waals surface area contributed by atoms with Gasteiger partial charge in [0.1, 0.15) is 12.4 Å². The summed E-state index contributed by atoms with van der Waals surface area (Å²) in [5, 5.41) is 11.8. The van der Waals surface area contributed by atoms with Gasteiger partial charge in [0.15, 0.2) is 15.6 Å². The lowest BCUT2D eigenvalue weighted by molar-refractivity contribution is 0.0697. The summed E-state index contributed by atoms with van der Waals surface area (Å²) in [6.45, 7) is 2.08. The van der Waals surface area contributed by atoms with Gasteiger partial charge in [-0.3, -0.25) is 0 Å². The van der Waals surface area contributed by atoms with Crippen molar-refractivity contribution in [1.29, 1.82) is 0 Å². The van der Waals surface area contributed by atoms with Crippen LogP contribution < -0.4 is 4.74 Å². The number of carboxylic acid groups (broad SMARTS) is 1. The molecule has 0 atom stereocenters. The summed E-state index contributed by atoms with van der Waals surface area (Å²) in [5.74, 6) is 0.124. The Bertz CT molecular complexity index is 758. The summed E-state index contributed by atoms with van der Waals surface area (Å²) in [6, 6.07) is 5.38. The first kappa shape index (κ1) is 13.8. The van der Waals surface area contributed by atoms with Gasteiger partial charge < -0.3 is 14.3 Å². The molecule has 0 aliphatic rings. The molecule has 0 amide bonds. The van der Waals surface area contributed by atoms with Gasteiger partial charge in [-0.2, -0.15) is 0 Å². The predicted molar refractivity (Wildman–Crippen MR) is 80.2 cm³/mol. The lowest BCUT2D eigenvalue weighted by atomic mass is 10.4. The van der Waals surface area contributed by atoms with Crippen LogP contribution >= 0.6 is 22.7 Å². The summed E-state index contributed by atoms with van der Waals surface area (Å²) in [7, 11) is 0. The lowest BCUT2D eigenvalue weighted by Gasteiger charge is -2.02. The van der Waals surface area contributed by atoms with Gasteiger partial charge in [-0.25, -0.2) is 9.78 Å². The smallest absolute Gasteiger partial charge is 0.349 e. The number of aromatic nitrogens is 1. The minimum Gasteiger partial charge on any atom is -0.485 e. The standard InChI is InChI=1S/C14H11NO4S2/c1-8-5-11(12(21-8)14(16)17)19-6-9-7-20-13(15-9)10-3-2-4-18-10/h2-5,7H,6H2,1H3,(H,16,17). The number of carboxylic acids is 1. The van der Waals surface area contributed by atoms with Crippen molar-refractivity contribution in [2.24, 2.45) is 0 Å². The Morgan fingerprint density at radius 1 is 1.52 bits per heavy atom. The first-order valence-electron chi connectivity index (χ1n) is 6.08. The quantitative estimate of drug-likeness (QED) is 0.767. The van der Waals surface area contributed by atoms with Gasteiger partial charge in [-0.05, 0) is 25.1 Å². The van der Waals surface area contributed by atoms with Crippen molar-refractivity contribution in [3.8, 4) is 16.5 Å². The van der Waals surface area contributed by atoms with E-state index in [2.05, 4.69) is 4.98 Å². The number of nitrogens with zero attached hydrogens (tertiary/aromatic N) is 1. The average molecular weight is 321 g/mol. The monoisotopic (exact) mass is 321 g/mol. The summed E-state index contributed by atoms with van der Waals surface area (Å²) in [5.41, 5.74) is 0.742. The zero-order valence-electron chi connectivity index (χ0n) is 11.0. The molecule has 0 saturated carbocycles. The van der Waals surface area contributed by atoms with Crippen molar-refractivity contribution >= 4 is 28.6 Å². The van der Waals surface area contributed by atoms with E-state index in [1.54, 1.807) is 18.4 Å². The molecule has 108 valence electrons. The number of hydrogen-bond acceptors (Lipinski definition) is 6. The van der Waals surface area contributed by atoms with E-state index in [0.29, 0.717) is 11.5 Å².